The van der Waals surface area contributed by atoms with Gasteiger partial charge in [0.15, 0.2) is 0 Å². The summed E-state index contributed by atoms with van der Waals surface area (Å²) in [6.45, 7) is 7.58. The number of rotatable bonds is 4. The van der Waals surface area contributed by atoms with Gasteiger partial charge in [-0.1, -0.05) is 30.7 Å². The minimum Gasteiger partial charge on any atom is -0.326 e. The van der Waals surface area contributed by atoms with Crippen LogP contribution in [0.1, 0.15) is 31.9 Å². The predicted molar refractivity (Wildman–Crippen MR) is 86.1 cm³/mol. The van der Waals surface area contributed by atoms with E-state index in [1.54, 1.807) is 0 Å². The summed E-state index contributed by atoms with van der Waals surface area (Å²) in [5, 5.41) is 0.786. The Kier molecular flexibility index (Phi) is 5.44. The second-order valence-electron chi connectivity index (χ2n) is 5.90. The molecule has 0 radical (unpaired) electrons. The first-order valence-corrected chi connectivity index (χ1v) is 7.86. The molecule has 3 nitrogen and oxygen atoms in total. The molecule has 3 unspecified atom stereocenters. The standard InChI is InChI=1S/C16H26ClN3/c1-4-15-11-20(9-8-19(15)3)16(12(2)18)13-6-5-7-14(17)10-13/h5-7,10,12,15-16H,4,8-9,11,18H2,1-3H3. The topological polar surface area (TPSA) is 32.5 Å². The number of hydrogen-bond donors (Lipinski definition) is 1. The summed E-state index contributed by atoms with van der Waals surface area (Å²) in [5.41, 5.74) is 7.50. The van der Waals surface area contributed by atoms with Crippen LogP contribution >= 0.6 is 11.6 Å². The summed E-state index contributed by atoms with van der Waals surface area (Å²) in [5.74, 6) is 0. The third-order valence-corrected chi connectivity index (χ3v) is 4.60. The number of hydrogen-bond acceptors (Lipinski definition) is 3. The van der Waals surface area contributed by atoms with Crippen LogP contribution in [0.15, 0.2) is 24.3 Å². The zero-order valence-electron chi connectivity index (χ0n) is 12.7. The van der Waals surface area contributed by atoms with E-state index in [0.717, 1.165) is 24.7 Å². The summed E-state index contributed by atoms with van der Waals surface area (Å²) in [7, 11) is 2.21. The highest BCUT2D eigenvalue weighted by Gasteiger charge is 2.30. The monoisotopic (exact) mass is 295 g/mol. The molecular formula is C16H26ClN3. The number of halogens is 1. The molecule has 0 aromatic heterocycles. The van der Waals surface area contributed by atoms with Gasteiger partial charge in [-0.05, 0) is 38.1 Å². The van der Waals surface area contributed by atoms with Crippen LogP contribution in [0.25, 0.3) is 0 Å². The van der Waals surface area contributed by atoms with Crippen molar-refractivity contribution >= 4 is 11.6 Å². The molecule has 0 amide bonds. The first-order valence-electron chi connectivity index (χ1n) is 7.48. The van der Waals surface area contributed by atoms with E-state index in [-0.39, 0.29) is 12.1 Å². The van der Waals surface area contributed by atoms with Crippen LogP contribution < -0.4 is 5.73 Å². The lowest BCUT2D eigenvalue weighted by Crippen LogP contribution is -2.54. The molecule has 1 saturated heterocycles. The summed E-state index contributed by atoms with van der Waals surface area (Å²) in [6.07, 6.45) is 1.17. The largest absolute Gasteiger partial charge is 0.326 e. The van der Waals surface area contributed by atoms with Gasteiger partial charge in [-0.3, -0.25) is 4.90 Å². The predicted octanol–water partition coefficient (Wildman–Crippen LogP) is 2.75. The van der Waals surface area contributed by atoms with Gasteiger partial charge < -0.3 is 10.6 Å². The minimum atomic E-state index is 0.0920. The zero-order valence-corrected chi connectivity index (χ0v) is 13.5. The lowest BCUT2D eigenvalue weighted by Gasteiger charge is -2.44. The van der Waals surface area contributed by atoms with Crippen molar-refractivity contribution in [3.63, 3.8) is 0 Å². The Morgan fingerprint density at radius 2 is 2.15 bits per heavy atom. The van der Waals surface area contributed by atoms with Crippen LogP contribution in [0.5, 0.6) is 0 Å². The molecule has 1 fully saturated rings. The lowest BCUT2D eigenvalue weighted by atomic mass is 9.97. The molecule has 1 aliphatic rings. The molecule has 0 saturated carbocycles. The Morgan fingerprint density at radius 1 is 1.40 bits per heavy atom. The van der Waals surface area contributed by atoms with Crippen molar-refractivity contribution in [3.8, 4) is 0 Å². The van der Waals surface area contributed by atoms with Gasteiger partial charge in [0.1, 0.15) is 0 Å². The molecule has 0 bridgehead atoms. The van der Waals surface area contributed by atoms with E-state index >= 15 is 0 Å². The molecule has 1 heterocycles. The van der Waals surface area contributed by atoms with Gasteiger partial charge in [-0.2, -0.15) is 0 Å². The van der Waals surface area contributed by atoms with Crippen molar-refractivity contribution in [2.24, 2.45) is 5.73 Å². The highest BCUT2D eigenvalue weighted by Crippen LogP contribution is 2.28. The molecule has 1 aliphatic heterocycles. The number of nitrogens with zero attached hydrogens (tertiary/aromatic N) is 2. The van der Waals surface area contributed by atoms with Crippen molar-refractivity contribution in [2.45, 2.75) is 38.4 Å². The summed E-state index contributed by atoms with van der Waals surface area (Å²) in [6, 6.07) is 9.08. The molecule has 3 atom stereocenters. The van der Waals surface area contributed by atoms with Gasteiger partial charge in [-0.25, -0.2) is 0 Å². The molecule has 0 spiro atoms. The molecule has 112 valence electrons. The van der Waals surface area contributed by atoms with Crippen LogP contribution in [0.3, 0.4) is 0 Å². The van der Waals surface area contributed by atoms with Gasteiger partial charge in [0.25, 0.3) is 0 Å². The normalized spacial score (nSPS) is 24.6. The van der Waals surface area contributed by atoms with Crippen LogP contribution in [-0.4, -0.2) is 48.6 Å². The minimum absolute atomic E-state index is 0.0920. The maximum absolute atomic E-state index is 6.27. The molecule has 2 N–H and O–H groups in total. The Hall–Kier alpha value is -0.610. The maximum atomic E-state index is 6.27. The summed E-state index contributed by atoms with van der Waals surface area (Å²) < 4.78 is 0. The SMILES string of the molecule is CCC1CN(C(c2cccc(Cl)c2)C(C)N)CCN1C. The molecule has 1 aromatic carbocycles. The molecule has 1 aromatic rings. The Balaban J connectivity index is 2.21. The van der Waals surface area contributed by atoms with Crippen molar-refractivity contribution in [3.05, 3.63) is 34.9 Å². The first-order chi connectivity index (χ1) is 9.52. The van der Waals surface area contributed by atoms with Crippen molar-refractivity contribution in [2.75, 3.05) is 26.7 Å². The van der Waals surface area contributed by atoms with Crippen molar-refractivity contribution < 1.29 is 0 Å². The van der Waals surface area contributed by atoms with Crippen LogP contribution in [0, 0.1) is 0 Å². The van der Waals surface area contributed by atoms with Crippen LogP contribution in [0.4, 0.5) is 0 Å². The Bertz CT molecular complexity index is 435. The van der Waals surface area contributed by atoms with Crippen molar-refractivity contribution in [1.29, 1.82) is 0 Å². The van der Waals surface area contributed by atoms with E-state index in [9.17, 15) is 0 Å². The summed E-state index contributed by atoms with van der Waals surface area (Å²) >= 11 is 6.14. The highest BCUT2D eigenvalue weighted by atomic mass is 35.5. The zero-order chi connectivity index (χ0) is 14.7. The van der Waals surface area contributed by atoms with E-state index in [4.69, 9.17) is 17.3 Å². The van der Waals surface area contributed by atoms with E-state index in [1.165, 1.54) is 12.0 Å². The highest BCUT2D eigenvalue weighted by molar-refractivity contribution is 6.30. The molecule has 0 aliphatic carbocycles. The fourth-order valence-corrected chi connectivity index (χ4v) is 3.40. The lowest BCUT2D eigenvalue weighted by molar-refractivity contribution is 0.0549. The van der Waals surface area contributed by atoms with E-state index in [0.29, 0.717) is 6.04 Å². The van der Waals surface area contributed by atoms with Crippen molar-refractivity contribution in [1.82, 2.24) is 9.80 Å². The summed E-state index contributed by atoms with van der Waals surface area (Å²) in [4.78, 5) is 4.97. The molecule has 4 heteroatoms. The van der Waals surface area contributed by atoms with Crippen LogP contribution in [-0.2, 0) is 0 Å². The first kappa shape index (κ1) is 15.8. The van der Waals surface area contributed by atoms with E-state index in [1.807, 2.05) is 12.1 Å². The van der Waals surface area contributed by atoms with Gasteiger partial charge >= 0.3 is 0 Å². The number of likely N-dealkylation sites (N-methyl/N-ethyl adjacent to an activating group) is 1. The fourth-order valence-electron chi connectivity index (χ4n) is 3.20. The number of piperazine rings is 1. The average molecular weight is 296 g/mol. The maximum Gasteiger partial charge on any atom is 0.0498 e. The average Bonchev–Trinajstić information content (AvgIpc) is 2.40. The molecule has 20 heavy (non-hydrogen) atoms. The van der Waals surface area contributed by atoms with Gasteiger partial charge in [0, 0.05) is 42.8 Å². The van der Waals surface area contributed by atoms with Crippen LogP contribution in [0.2, 0.25) is 5.02 Å². The van der Waals surface area contributed by atoms with E-state index in [2.05, 4.69) is 42.8 Å². The third-order valence-electron chi connectivity index (χ3n) is 4.36. The Morgan fingerprint density at radius 3 is 2.75 bits per heavy atom. The second kappa shape index (κ2) is 6.90. The Labute approximate surface area is 127 Å². The molecular weight excluding hydrogens is 270 g/mol. The van der Waals surface area contributed by atoms with Gasteiger partial charge in [-0.15, -0.1) is 0 Å². The van der Waals surface area contributed by atoms with E-state index < -0.39 is 0 Å². The van der Waals surface area contributed by atoms with Gasteiger partial charge in [0.2, 0.25) is 0 Å². The number of benzene rings is 1. The molecule has 2 rings (SSSR count). The second-order valence-corrected chi connectivity index (χ2v) is 6.33. The number of nitrogens with two attached hydrogens (primary N) is 1. The third kappa shape index (κ3) is 3.53. The van der Waals surface area contributed by atoms with Gasteiger partial charge in [0.05, 0.1) is 0 Å². The quantitative estimate of drug-likeness (QED) is 0.927. The smallest absolute Gasteiger partial charge is 0.0498 e. The fraction of sp³-hybridized carbons (Fsp3) is 0.625.